The molecule has 0 saturated carbocycles. The smallest absolute Gasteiger partial charge is 0.330 e. The van der Waals surface area contributed by atoms with Gasteiger partial charge in [0.15, 0.2) is 6.04 Å². The van der Waals surface area contributed by atoms with Crippen molar-refractivity contribution in [2.24, 2.45) is 0 Å². The monoisotopic (exact) mass is 329 g/mol. The number of rotatable bonds is 7. The predicted octanol–water partition coefficient (Wildman–Crippen LogP) is 3.11. The number of carboxylic acid groups (broad SMARTS) is 1. The van der Waals surface area contributed by atoms with E-state index in [1.165, 1.54) is 0 Å². The second kappa shape index (κ2) is 7.77. The number of nitrogens with one attached hydrogen (secondary N) is 1. The first-order valence-electron chi connectivity index (χ1n) is 8.12. The molecular weight excluding hydrogens is 306 g/mol. The van der Waals surface area contributed by atoms with Crippen LogP contribution < -0.4 is 5.32 Å². The Morgan fingerprint density at radius 3 is 2.38 bits per heavy atom. The lowest BCUT2D eigenvalue weighted by molar-refractivity contribution is -0.139. The van der Waals surface area contributed by atoms with E-state index < -0.39 is 17.9 Å². The van der Waals surface area contributed by atoms with Crippen molar-refractivity contribution in [3.8, 4) is 0 Å². The van der Waals surface area contributed by atoms with Gasteiger partial charge in [0.25, 0.3) is 5.91 Å². The Morgan fingerprint density at radius 1 is 1.21 bits per heavy atom. The number of nitrogens with zero attached hydrogens (tertiary/aromatic N) is 2. The maximum atomic E-state index is 12.7. The maximum absolute atomic E-state index is 12.7. The molecule has 1 aromatic carbocycles. The summed E-state index contributed by atoms with van der Waals surface area (Å²) in [6.07, 6.45) is 1.69. The second-order valence-electron chi connectivity index (χ2n) is 5.74. The average Bonchev–Trinajstić information content (AvgIpc) is 2.96. The van der Waals surface area contributed by atoms with E-state index in [9.17, 15) is 14.7 Å². The van der Waals surface area contributed by atoms with Crippen LogP contribution in [0.3, 0.4) is 0 Å². The first-order chi connectivity index (χ1) is 11.5. The summed E-state index contributed by atoms with van der Waals surface area (Å²) < 4.78 is 1.70. The standard InChI is InChI=1S/C18H23N3O3/c1-4-14(5-2)21-15(11-12(3)20-21)17(22)19-16(18(23)24)13-9-7-6-8-10-13/h6-11,14,16H,4-5H2,1-3H3,(H,19,22)(H,23,24)/t16-/m1/s1. The number of benzene rings is 1. The lowest BCUT2D eigenvalue weighted by Gasteiger charge is -2.18. The number of carboxylic acids is 1. The zero-order chi connectivity index (χ0) is 17.7. The molecule has 1 aromatic heterocycles. The minimum atomic E-state index is -1.10. The molecule has 0 saturated heterocycles. The summed E-state index contributed by atoms with van der Waals surface area (Å²) in [5.74, 6) is -1.53. The number of carbonyl (C=O) groups is 2. The number of hydrogen-bond acceptors (Lipinski definition) is 3. The fourth-order valence-electron chi connectivity index (χ4n) is 2.74. The molecule has 0 fully saturated rings. The molecule has 0 bridgehead atoms. The van der Waals surface area contributed by atoms with Gasteiger partial charge in [-0.15, -0.1) is 0 Å². The first-order valence-corrected chi connectivity index (χ1v) is 8.12. The fraction of sp³-hybridized carbons (Fsp3) is 0.389. The molecule has 1 heterocycles. The van der Waals surface area contributed by atoms with Gasteiger partial charge in [0.1, 0.15) is 5.69 Å². The van der Waals surface area contributed by atoms with Crippen LogP contribution in [-0.4, -0.2) is 26.8 Å². The number of aliphatic carboxylic acids is 1. The minimum Gasteiger partial charge on any atom is -0.479 e. The average molecular weight is 329 g/mol. The first kappa shape index (κ1) is 17.7. The summed E-state index contributed by atoms with van der Waals surface area (Å²) in [7, 11) is 0. The van der Waals surface area contributed by atoms with Crippen LogP contribution in [0.5, 0.6) is 0 Å². The van der Waals surface area contributed by atoms with Crippen LogP contribution >= 0.6 is 0 Å². The lowest BCUT2D eigenvalue weighted by Crippen LogP contribution is -2.35. The van der Waals surface area contributed by atoms with Crippen molar-refractivity contribution in [3.63, 3.8) is 0 Å². The number of aryl methyl sites for hydroxylation is 1. The summed E-state index contributed by atoms with van der Waals surface area (Å²) in [6.45, 7) is 5.90. The van der Waals surface area contributed by atoms with E-state index >= 15 is 0 Å². The van der Waals surface area contributed by atoms with Gasteiger partial charge in [0.05, 0.1) is 11.7 Å². The Morgan fingerprint density at radius 2 is 1.83 bits per heavy atom. The third-order valence-corrected chi connectivity index (χ3v) is 4.03. The molecule has 0 aliphatic heterocycles. The zero-order valence-electron chi connectivity index (χ0n) is 14.2. The highest BCUT2D eigenvalue weighted by molar-refractivity contribution is 5.95. The second-order valence-corrected chi connectivity index (χ2v) is 5.74. The SMILES string of the molecule is CCC(CC)n1nc(C)cc1C(=O)N[C@@H](C(=O)O)c1ccccc1. The summed E-state index contributed by atoms with van der Waals surface area (Å²) in [5.41, 5.74) is 1.66. The van der Waals surface area contributed by atoms with Crippen molar-refractivity contribution in [2.45, 2.75) is 45.7 Å². The van der Waals surface area contributed by atoms with Crippen LogP contribution in [0.25, 0.3) is 0 Å². The van der Waals surface area contributed by atoms with Gasteiger partial charge in [-0.05, 0) is 31.4 Å². The van der Waals surface area contributed by atoms with Crippen LogP contribution in [-0.2, 0) is 4.79 Å². The Labute approximate surface area is 141 Å². The molecule has 24 heavy (non-hydrogen) atoms. The van der Waals surface area contributed by atoms with Gasteiger partial charge in [-0.1, -0.05) is 44.2 Å². The predicted molar refractivity (Wildman–Crippen MR) is 90.9 cm³/mol. The summed E-state index contributed by atoms with van der Waals surface area (Å²) in [4.78, 5) is 24.2. The summed E-state index contributed by atoms with van der Waals surface area (Å²) >= 11 is 0. The Kier molecular flexibility index (Phi) is 5.73. The fourth-order valence-corrected chi connectivity index (χ4v) is 2.74. The van der Waals surface area contributed by atoms with Gasteiger partial charge in [-0.2, -0.15) is 5.10 Å². The van der Waals surface area contributed by atoms with E-state index in [1.54, 1.807) is 41.1 Å². The molecule has 6 nitrogen and oxygen atoms in total. The van der Waals surface area contributed by atoms with E-state index in [-0.39, 0.29) is 6.04 Å². The normalized spacial score (nSPS) is 12.2. The molecule has 128 valence electrons. The summed E-state index contributed by atoms with van der Waals surface area (Å²) in [5, 5.41) is 16.5. The van der Waals surface area contributed by atoms with Crippen LogP contribution in [0.15, 0.2) is 36.4 Å². The van der Waals surface area contributed by atoms with E-state index in [0.29, 0.717) is 11.3 Å². The van der Waals surface area contributed by atoms with Crippen molar-refractivity contribution in [1.82, 2.24) is 15.1 Å². The Hall–Kier alpha value is -2.63. The van der Waals surface area contributed by atoms with Crippen LogP contribution in [0.4, 0.5) is 0 Å². The Bertz CT molecular complexity index is 706. The zero-order valence-corrected chi connectivity index (χ0v) is 14.2. The topological polar surface area (TPSA) is 84.2 Å². The minimum absolute atomic E-state index is 0.111. The molecule has 0 radical (unpaired) electrons. The van der Waals surface area contributed by atoms with Gasteiger partial charge in [0.2, 0.25) is 0 Å². The van der Waals surface area contributed by atoms with E-state index in [2.05, 4.69) is 10.4 Å². The van der Waals surface area contributed by atoms with Crippen LogP contribution in [0.1, 0.15) is 60.5 Å². The molecule has 0 aliphatic rings. The molecule has 1 amide bonds. The van der Waals surface area contributed by atoms with Crippen LogP contribution in [0, 0.1) is 6.92 Å². The highest BCUT2D eigenvalue weighted by atomic mass is 16.4. The van der Waals surface area contributed by atoms with Gasteiger partial charge < -0.3 is 10.4 Å². The molecule has 0 unspecified atom stereocenters. The number of carbonyl (C=O) groups excluding carboxylic acids is 1. The molecule has 2 aromatic rings. The number of amides is 1. The summed E-state index contributed by atoms with van der Waals surface area (Å²) in [6, 6.07) is 9.37. The van der Waals surface area contributed by atoms with Crippen molar-refractivity contribution in [1.29, 1.82) is 0 Å². The molecule has 6 heteroatoms. The maximum Gasteiger partial charge on any atom is 0.330 e. The number of aromatic nitrogens is 2. The van der Waals surface area contributed by atoms with Crippen molar-refractivity contribution < 1.29 is 14.7 Å². The third kappa shape index (κ3) is 3.82. The van der Waals surface area contributed by atoms with E-state index in [1.807, 2.05) is 20.8 Å². The van der Waals surface area contributed by atoms with Crippen molar-refractivity contribution in [2.75, 3.05) is 0 Å². The number of hydrogen-bond donors (Lipinski definition) is 2. The quantitative estimate of drug-likeness (QED) is 0.817. The van der Waals surface area contributed by atoms with Gasteiger partial charge in [0, 0.05) is 0 Å². The molecule has 2 N–H and O–H groups in total. The highest BCUT2D eigenvalue weighted by Crippen LogP contribution is 2.20. The Balaban J connectivity index is 2.30. The van der Waals surface area contributed by atoms with Gasteiger partial charge in [-0.3, -0.25) is 9.48 Å². The molecular formula is C18H23N3O3. The van der Waals surface area contributed by atoms with E-state index in [0.717, 1.165) is 18.5 Å². The molecule has 2 rings (SSSR count). The molecule has 0 aliphatic carbocycles. The largest absolute Gasteiger partial charge is 0.479 e. The highest BCUT2D eigenvalue weighted by Gasteiger charge is 2.25. The van der Waals surface area contributed by atoms with Crippen molar-refractivity contribution in [3.05, 3.63) is 53.3 Å². The van der Waals surface area contributed by atoms with Gasteiger partial charge in [-0.25, -0.2) is 4.79 Å². The van der Waals surface area contributed by atoms with Gasteiger partial charge >= 0.3 is 5.97 Å². The lowest BCUT2D eigenvalue weighted by atomic mass is 10.1. The van der Waals surface area contributed by atoms with Crippen LogP contribution in [0.2, 0.25) is 0 Å². The third-order valence-electron chi connectivity index (χ3n) is 4.03. The molecule has 0 spiro atoms. The van der Waals surface area contributed by atoms with Crippen molar-refractivity contribution >= 4 is 11.9 Å². The van der Waals surface area contributed by atoms with E-state index in [4.69, 9.17) is 0 Å². The molecule has 1 atom stereocenters.